The summed E-state index contributed by atoms with van der Waals surface area (Å²) < 4.78 is 67.4. The van der Waals surface area contributed by atoms with Crippen LogP contribution in [-0.4, -0.2) is 36.8 Å². The zero-order chi connectivity index (χ0) is 19.1. The molecular formula is C14H13F3N6O2S. The Bertz CT molecular complexity index is 989. The lowest BCUT2D eigenvalue weighted by Crippen LogP contribution is -2.33. The van der Waals surface area contributed by atoms with Crippen molar-refractivity contribution in [3.8, 4) is 6.07 Å². The molecule has 1 aromatic heterocycles. The van der Waals surface area contributed by atoms with Gasteiger partial charge in [-0.25, -0.2) is 26.3 Å². The quantitative estimate of drug-likeness (QED) is 0.679. The van der Waals surface area contributed by atoms with Gasteiger partial charge in [0.1, 0.15) is 23.3 Å². The first-order valence-electron chi connectivity index (χ1n) is 7.29. The highest BCUT2D eigenvalue weighted by atomic mass is 32.2. The SMILES string of the molecule is N#CC1(F)C=CC(NS(=O)(=O)c2cnn(CC(F)F)c2N)=C2NCC=C21. The number of hydrogen-bond acceptors (Lipinski definition) is 6. The molecule has 0 saturated carbocycles. The number of sulfonamides is 1. The van der Waals surface area contributed by atoms with Crippen molar-refractivity contribution >= 4 is 15.8 Å². The Kier molecular flexibility index (Phi) is 4.19. The number of fused-ring (bicyclic) bond motifs is 1. The molecular weight excluding hydrogens is 373 g/mol. The molecule has 1 atom stereocenters. The van der Waals surface area contributed by atoms with Crippen molar-refractivity contribution in [3.05, 3.63) is 41.4 Å². The minimum absolute atomic E-state index is 0.00145. The van der Waals surface area contributed by atoms with Gasteiger partial charge in [0, 0.05) is 12.1 Å². The van der Waals surface area contributed by atoms with E-state index in [9.17, 15) is 21.6 Å². The largest absolute Gasteiger partial charge is 0.383 e. The van der Waals surface area contributed by atoms with Gasteiger partial charge in [0.15, 0.2) is 0 Å². The van der Waals surface area contributed by atoms with Crippen molar-refractivity contribution in [2.24, 2.45) is 0 Å². The van der Waals surface area contributed by atoms with Crippen LogP contribution in [0.15, 0.2) is 46.3 Å². The van der Waals surface area contributed by atoms with Gasteiger partial charge in [0.2, 0.25) is 5.67 Å². The number of hydrogen-bond donors (Lipinski definition) is 3. The summed E-state index contributed by atoms with van der Waals surface area (Å²) in [5, 5.41) is 15.3. The summed E-state index contributed by atoms with van der Waals surface area (Å²) in [5.41, 5.74) is 3.36. The third kappa shape index (κ3) is 2.90. The zero-order valence-corrected chi connectivity index (χ0v) is 13.9. The molecule has 2 heterocycles. The van der Waals surface area contributed by atoms with Crippen molar-refractivity contribution in [1.82, 2.24) is 19.8 Å². The van der Waals surface area contributed by atoms with E-state index in [-0.39, 0.29) is 23.5 Å². The Labute approximate surface area is 146 Å². The van der Waals surface area contributed by atoms with Crippen LogP contribution >= 0.6 is 0 Å². The molecule has 0 radical (unpaired) electrons. The highest BCUT2D eigenvalue weighted by Crippen LogP contribution is 2.36. The Morgan fingerprint density at radius 3 is 2.92 bits per heavy atom. The monoisotopic (exact) mass is 386 g/mol. The highest BCUT2D eigenvalue weighted by molar-refractivity contribution is 7.89. The standard InChI is InChI=1S/C14H13F3N6O2S/c15-11(16)6-23-13(19)10(5-21-23)26(24,25)22-9-1-3-14(17,7-18)8-2-4-20-12(8)9/h1-3,5,11,20,22H,4,6,19H2. The molecule has 0 amide bonds. The summed E-state index contributed by atoms with van der Waals surface area (Å²) in [4.78, 5) is -0.486. The van der Waals surface area contributed by atoms with Crippen LogP contribution in [0.1, 0.15) is 0 Å². The van der Waals surface area contributed by atoms with Crippen LogP contribution in [0.5, 0.6) is 0 Å². The Morgan fingerprint density at radius 1 is 1.54 bits per heavy atom. The maximum Gasteiger partial charge on any atom is 0.267 e. The normalized spacial score (nSPS) is 22.0. The molecule has 26 heavy (non-hydrogen) atoms. The number of nitrogens with one attached hydrogen (secondary N) is 2. The second kappa shape index (κ2) is 6.10. The first-order valence-corrected chi connectivity index (χ1v) is 8.77. The van der Waals surface area contributed by atoms with Crippen molar-refractivity contribution in [1.29, 1.82) is 5.26 Å². The summed E-state index contributed by atoms with van der Waals surface area (Å²) in [6.07, 6.45) is 1.57. The van der Waals surface area contributed by atoms with E-state index in [4.69, 9.17) is 11.0 Å². The van der Waals surface area contributed by atoms with Crippen LogP contribution in [-0.2, 0) is 16.6 Å². The maximum atomic E-state index is 14.5. The highest BCUT2D eigenvalue weighted by Gasteiger charge is 2.40. The first kappa shape index (κ1) is 17.9. The molecule has 3 rings (SSSR count). The van der Waals surface area contributed by atoms with Crippen LogP contribution in [0.3, 0.4) is 0 Å². The lowest BCUT2D eigenvalue weighted by molar-refractivity contribution is 0.122. The topological polar surface area (TPSA) is 126 Å². The first-order chi connectivity index (χ1) is 12.2. The fourth-order valence-electron chi connectivity index (χ4n) is 2.64. The van der Waals surface area contributed by atoms with Crippen molar-refractivity contribution in [2.75, 3.05) is 12.3 Å². The van der Waals surface area contributed by atoms with E-state index in [0.717, 1.165) is 18.3 Å². The van der Waals surface area contributed by atoms with Gasteiger partial charge in [0.05, 0.1) is 17.6 Å². The molecule has 1 aliphatic carbocycles. The number of halogens is 3. The number of allylic oxidation sites excluding steroid dienone is 3. The van der Waals surface area contributed by atoms with Crippen molar-refractivity contribution < 1.29 is 21.6 Å². The predicted molar refractivity (Wildman–Crippen MR) is 84.7 cm³/mol. The average Bonchev–Trinajstić information content (AvgIpc) is 3.19. The molecule has 12 heteroatoms. The molecule has 138 valence electrons. The molecule has 1 aromatic rings. The van der Waals surface area contributed by atoms with Crippen molar-refractivity contribution in [3.63, 3.8) is 0 Å². The van der Waals surface area contributed by atoms with Gasteiger partial charge in [-0.05, 0) is 12.2 Å². The van der Waals surface area contributed by atoms with Crippen LogP contribution in [0.2, 0.25) is 0 Å². The number of rotatable bonds is 5. The number of nitriles is 1. The third-order valence-corrected chi connectivity index (χ3v) is 5.23. The van der Waals surface area contributed by atoms with E-state index in [1.807, 2.05) is 0 Å². The van der Waals surface area contributed by atoms with Gasteiger partial charge in [-0.2, -0.15) is 10.4 Å². The minimum Gasteiger partial charge on any atom is -0.383 e. The van der Waals surface area contributed by atoms with Gasteiger partial charge < -0.3 is 11.1 Å². The molecule has 1 aliphatic heterocycles. The number of nitrogens with two attached hydrogens (primary N) is 1. The molecule has 1 unspecified atom stereocenters. The maximum absolute atomic E-state index is 14.5. The Balaban J connectivity index is 1.94. The number of aromatic nitrogens is 2. The molecule has 0 bridgehead atoms. The van der Waals surface area contributed by atoms with Gasteiger partial charge in [0.25, 0.3) is 16.4 Å². The van der Waals surface area contributed by atoms with Gasteiger partial charge >= 0.3 is 0 Å². The number of nitrogens with zero attached hydrogens (tertiary/aromatic N) is 3. The summed E-state index contributed by atoms with van der Waals surface area (Å²) in [5.74, 6) is -0.449. The summed E-state index contributed by atoms with van der Waals surface area (Å²) in [6.45, 7) is -0.629. The molecule has 0 fully saturated rings. The summed E-state index contributed by atoms with van der Waals surface area (Å²) in [6, 6.07) is 1.52. The van der Waals surface area contributed by atoms with Crippen LogP contribution in [0.25, 0.3) is 0 Å². The lowest BCUT2D eigenvalue weighted by Gasteiger charge is -2.23. The van der Waals surface area contributed by atoms with E-state index in [0.29, 0.717) is 4.68 Å². The Hall–Kier alpha value is -2.94. The number of nitrogen functional groups attached to an aromatic ring is 1. The Morgan fingerprint density at radius 2 is 2.27 bits per heavy atom. The summed E-state index contributed by atoms with van der Waals surface area (Å²) >= 11 is 0. The lowest BCUT2D eigenvalue weighted by atomic mass is 9.90. The third-order valence-electron chi connectivity index (χ3n) is 3.85. The minimum atomic E-state index is -4.27. The molecule has 8 nitrogen and oxygen atoms in total. The molecule has 0 aromatic carbocycles. The van der Waals surface area contributed by atoms with E-state index in [1.165, 1.54) is 12.1 Å². The van der Waals surface area contributed by atoms with E-state index in [2.05, 4.69) is 15.1 Å². The predicted octanol–water partition coefficient (Wildman–Crippen LogP) is 0.552. The van der Waals surface area contributed by atoms with Crippen LogP contribution < -0.4 is 15.8 Å². The van der Waals surface area contributed by atoms with Gasteiger partial charge in [-0.1, -0.05) is 6.08 Å². The molecule has 2 aliphatic rings. The fourth-order valence-corrected chi connectivity index (χ4v) is 3.77. The van der Waals surface area contributed by atoms with E-state index < -0.39 is 39.4 Å². The van der Waals surface area contributed by atoms with Crippen molar-refractivity contribution in [2.45, 2.75) is 23.5 Å². The molecule has 0 spiro atoms. The van der Waals surface area contributed by atoms with Crippen LogP contribution in [0, 0.1) is 11.3 Å². The smallest absolute Gasteiger partial charge is 0.267 e. The molecule has 0 saturated heterocycles. The number of alkyl halides is 3. The van der Waals surface area contributed by atoms with Gasteiger partial charge in [-0.3, -0.25) is 4.72 Å². The van der Waals surface area contributed by atoms with Crippen LogP contribution in [0.4, 0.5) is 19.0 Å². The zero-order valence-electron chi connectivity index (χ0n) is 13.1. The molecule has 4 N–H and O–H groups in total. The fraction of sp³-hybridized carbons (Fsp3) is 0.286. The second-order valence-corrected chi connectivity index (χ2v) is 7.17. The second-order valence-electron chi connectivity index (χ2n) is 5.52. The van der Waals surface area contributed by atoms with E-state index >= 15 is 0 Å². The number of anilines is 1. The average molecular weight is 386 g/mol. The van der Waals surface area contributed by atoms with E-state index in [1.54, 1.807) is 0 Å². The summed E-state index contributed by atoms with van der Waals surface area (Å²) in [7, 11) is -4.27. The van der Waals surface area contributed by atoms with Gasteiger partial charge in [-0.15, -0.1) is 0 Å².